The number of benzene rings is 1. The van der Waals surface area contributed by atoms with Gasteiger partial charge in [-0.3, -0.25) is 0 Å². The first-order valence-electron chi connectivity index (χ1n) is 4.62. The SMILES string of the molecule is Cc1cc2c(cc1C)CC(C(=O)O)=C2. The molecule has 0 unspecified atom stereocenters. The Balaban J connectivity index is 2.47. The van der Waals surface area contributed by atoms with Gasteiger partial charge in [-0.2, -0.15) is 0 Å². The Morgan fingerprint density at radius 2 is 1.93 bits per heavy atom. The van der Waals surface area contributed by atoms with Crippen molar-refractivity contribution in [1.82, 2.24) is 0 Å². The molecule has 0 saturated heterocycles. The molecule has 14 heavy (non-hydrogen) atoms. The van der Waals surface area contributed by atoms with Crippen molar-refractivity contribution in [2.45, 2.75) is 20.3 Å². The molecule has 1 aromatic carbocycles. The lowest BCUT2D eigenvalue weighted by Crippen LogP contribution is -1.99. The molecule has 1 aliphatic carbocycles. The highest BCUT2D eigenvalue weighted by atomic mass is 16.4. The predicted octanol–water partition coefficient (Wildman–Crippen LogP) is 2.33. The van der Waals surface area contributed by atoms with E-state index in [0.29, 0.717) is 12.0 Å². The molecule has 1 N–H and O–H groups in total. The maximum atomic E-state index is 10.8. The summed E-state index contributed by atoms with van der Waals surface area (Å²) in [6.45, 7) is 4.09. The maximum absolute atomic E-state index is 10.8. The van der Waals surface area contributed by atoms with Crippen LogP contribution in [0.2, 0.25) is 0 Å². The summed E-state index contributed by atoms with van der Waals surface area (Å²) in [5, 5.41) is 8.86. The number of carbonyl (C=O) groups is 1. The third-order valence-corrected chi connectivity index (χ3v) is 2.74. The fourth-order valence-corrected chi connectivity index (χ4v) is 1.77. The van der Waals surface area contributed by atoms with E-state index in [4.69, 9.17) is 5.11 Å². The third kappa shape index (κ3) is 1.33. The number of aliphatic carboxylic acids is 1. The van der Waals surface area contributed by atoms with Gasteiger partial charge >= 0.3 is 5.97 Å². The normalized spacial score (nSPS) is 13.7. The summed E-state index contributed by atoms with van der Waals surface area (Å²) in [6, 6.07) is 4.14. The van der Waals surface area contributed by atoms with Crippen molar-refractivity contribution in [3.05, 3.63) is 40.0 Å². The van der Waals surface area contributed by atoms with Gasteiger partial charge in [-0.05, 0) is 42.2 Å². The van der Waals surface area contributed by atoms with E-state index in [9.17, 15) is 4.79 Å². The minimum absolute atomic E-state index is 0.491. The van der Waals surface area contributed by atoms with E-state index in [-0.39, 0.29) is 0 Å². The Bertz CT molecular complexity index is 442. The van der Waals surface area contributed by atoms with Crippen LogP contribution < -0.4 is 0 Å². The second-order valence-electron chi connectivity index (χ2n) is 3.79. The van der Waals surface area contributed by atoms with Crippen LogP contribution >= 0.6 is 0 Å². The second kappa shape index (κ2) is 2.98. The fraction of sp³-hybridized carbons (Fsp3) is 0.250. The van der Waals surface area contributed by atoms with Crippen LogP contribution in [0, 0.1) is 13.8 Å². The molecule has 0 saturated carbocycles. The van der Waals surface area contributed by atoms with E-state index in [1.165, 1.54) is 11.1 Å². The molecule has 2 rings (SSSR count). The Hall–Kier alpha value is -1.57. The zero-order valence-electron chi connectivity index (χ0n) is 8.29. The van der Waals surface area contributed by atoms with E-state index < -0.39 is 5.97 Å². The van der Waals surface area contributed by atoms with Crippen molar-refractivity contribution in [3.8, 4) is 0 Å². The Labute approximate surface area is 82.9 Å². The molecular weight excluding hydrogens is 176 g/mol. The minimum Gasteiger partial charge on any atom is -0.478 e. The molecule has 0 heterocycles. The van der Waals surface area contributed by atoms with Gasteiger partial charge < -0.3 is 5.11 Å². The summed E-state index contributed by atoms with van der Waals surface area (Å²) in [7, 11) is 0. The molecule has 72 valence electrons. The molecule has 0 aliphatic heterocycles. The summed E-state index contributed by atoms with van der Waals surface area (Å²) < 4.78 is 0. The molecule has 1 aromatic rings. The van der Waals surface area contributed by atoms with Gasteiger partial charge in [0.15, 0.2) is 0 Å². The first-order chi connectivity index (χ1) is 6.58. The molecule has 0 aromatic heterocycles. The van der Waals surface area contributed by atoms with E-state index in [0.717, 1.165) is 11.1 Å². The molecule has 2 nitrogen and oxygen atoms in total. The standard InChI is InChI=1S/C12H12O2/c1-7-3-9-5-11(12(13)14)6-10(9)4-8(7)2/h3-5H,6H2,1-2H3,(H,13,14). The summed E-state index contributed by atoms with van der Waals surface area (Å²) in [5.41, 5.74) is 5.12. The van der Waals surface area contributed by atoms with Gasteiger partial charge in [0.05, 0.1) is 0 Å². The fourth-order valence-electron chi connectivity index (χ4n) is 1.77. The zero-order chi connectivity index (χ0) is 10.3. The third-order valence-electron chi connectivity index (χ3n) is 2.74. The number of hydrogen-bond acceptors (Lipinski definition) is 1. The average molecular weight is 188 g/mol. The molecule has 0 radical (unpaired) electrons. The summed E-state index contributed by atoms with van der Waals surface area (Å²) in [5.74, 6) is -0.809. The first-order valence-corrected chi connectivity index (χ1v) is 4.62. The molecule has 0 amide bonds. The maximum Gasteiger partial charge on any atom is 0.331 e. The van der Waals surface area contributed by atoms with E-state index >= 15 is 0 Å². The molecule has 0 atom stereocenters. The van der Waals surface area contributed by atoms with Crippen molar-refractivity contribution >= 4 is 12.0 Å². The van der Waals surface area contributed by atoms with Gasteiger partial charge in [-0.15, -0.1) is 0 Å². The van der Waals surface area contributed by atoms with Gasteiger partial charge in [-0.25, -0.2) is 4.79 Å². The van der Waals surface area contributed by atoms with Crippen molar-refractivity contribution in [1.29, 1.82) is 0 Å². The zero-order valence-corrected chi connectivity index (χ0v) is 8.29. The Morgan fingerprint density at radius 1 is 1.29 bits per heavy atom. The largest absolute Gasteiger partial charge is 0.478 e. The number of carboxylic acids is 1. The van der Waals surface area contributed by atoms with Crippen molar-refractivity contribution < 1.29 is 9.90 Å². The molecule has 2 heteroatoms. The van der Waals surface area contributed by atoms with E-state index in [1.807, 2.05) is 13.8 Å². The van der Waals surface area contributed by atoms with Gasteiger partial charge in [0, 0.05) is 12.0 Å². The lowest BCUT2D eigenvalue weighted by atomic mass is 10.0. The number of hydrogen-bond donors (Lipinski definition) is 1. The molecule has 1 aliphatic rings. The molecule has 0 bridgehead atoms. The lowest BCUT2D eigenvalue weighted by molar-refractivity contribution is -0.132. The second-order valence-corrected chi connectivity index (χ2v) is 3.79. The number of rotatable bonds is 1. The monoisotopic (exact) mass is 188 g/mol. The highest BCUT2D eigenvalue weighted by Gasteiger charge is 2.18. The highest BCUT2D eigenvalue weighted by Crippen LogP contribution is 2.27. The summed E-state index contributed by atoms with van der Waals surface area (Å²) in [4.78, 5) is 10.8. The number of aryl methyl sites for hydroxylation is 2. The van der Waals surface area contributed by atoms with Crippen LogP contribution in [0.15, 0.2) is 17.7 Å². The van der Waals surface area contributed by atoms with Gasteiger partial charge in [0.25, 0.3) is 0 Å². The highest BCUT2D eigenvalue weighted by molar-refractivity contribution is 5.95. The van der Waals surface area contributed by atoms with Crippen molar-refractivity contribution in [2.24, 2.45) is 0 Å². The Morgan fingerprint density at radius 3 is 2.57 bits per heavy atom. The first kappa shape index (κ1) is 9.00. The average Bonchev–Trinajstić information content (AvgIpc) is 2.48. The summed E-state index contributed by atoms with van der Waals surface area (Å²) >= 11 is 0. The number of carboxylic acid groups (broad SMARTS) is 1. The van der Waals surface area contributed by atoms with Crippen molar-refractivity contribution in [3.63, 3.8) is 0 Å². The van der Waals surface area contributed by atoms with E-state index in [1.54, 1.807) is 6.08 Å². The van der Waals surface area contributed by atoms with Crippen LogP contribution in [-0.4, -0.2) is 11.1 Å². The van der Waals surface area contributed by atoms with Crippen molar-refractivity contribution in [2.75, 3.05) is 0 Å². The lowest BCUT2D eigenvalue weighted by Gasteiger charge is -2.03. The van der Waals surface area contributed by atoms with Gasteiger partial charge in [-0.1, -0.05) is 12.1 Å². The quantitative estimate of drug-likeness (QED) is 0.734. The minimum atomic E-state index is -0.809. The topological polar surface area (TPSA) is 37.3 Å². The van der Waals surface area contributed by atoms with Gasteiger partial charge in [0.2, 0.25) is 0 Å². The van der Waals surface area contributed by atoms with Crippen LogP contribution in [0.25, 0.3) is 6.08 Å². The van der Waals surface area contributed by atoms with Gasteiger partial charge in [0.1, 0.15) is 0 Å². The van der Waals surface area contributed by atoms with Crippen LogP contribution in [-0.2, 0) is 11.2 Å². The predicted molar refractivity (Wildman–Crippen MR) is 55.2 cm³/mol. The smallest absolute Gasteiger partial charge is 0.331 e. The van der Waals surface area contributed by atoms with Crippen LogP contribution in [0.4, 0.5) is 0 Å². The molecular formula is C12H12O2. The Kier molecular flexibility index (Phi) is 1.92. The van der Waals surface area contributed by atoms with Crippen LogP contribution in [0.1, 0.15) is 22.3 Å². The molecule has 0 fully saturated rings. The van der Waals surface area contributed by atoms with Crippen LogP contribution in [0.3, 0.4) is 0 Å². The molecule has 0 spiro atoms. The van der Waals surface area contributed by atoms with E-state index in [2.05, 4.69) is 12.1 Å². The van der Waals surface area contributed by atoms with Crippen LogP contribution in [0.5, 0.6) is 0 Å². The summed E-state index contributed by atoms with van der Waals surface area (Å²) in [6.07, 6.45) is 2.33. The number of fused-ring (bicyclic) bond motifs is 1.